The lowest BCUT2D eigenvalue weighted by Gasteiger charge is -2.17. The molecule has 0 aliphatic rings. The summed E-state index contributed by atoms with van der Waals surface area (Å²) < 4.78 is 20.7. The maximum absolute atomic E-state index is 8.17. The van der Waals surface area contributed by atoms with Crippen LogP contribution in [0.2, 0.25) is 0 Å². The minimum absolute atomic E-state index is 0.0777. The van der Waals surface area contributed by atoms with Gasteiger partial charge in [-0.3, -0.25) is 10.5 Å². The van der Waals surface area contributed by atoms with Gasteiger partial charge in [0.15, 0.2) is 0 Å². The molecule has 0 fully saturated rings. The van der Waals surface area contributed by atoms with Crippen molar-refractivity contribution < 1.29 is 39.2 Å². The number of hydrogen-bond acceptors (Lipinski definition) is 8. The van der Waals surface area contributed by atoms with E-state index in [2.05, 4.69) is 9.78 Å². The molecule has 2 N–H and O–H groups in total. The lowest BCUT2D eigenvalue weighted by Crippen LogP contribution is -2.28. The van der Waals surface area contributed by atoms with Crippen molar-refractivity contribution in [1.29, 1.82) is 0 Å². The third-order valence-corrected chi connectivity index (χ3v) is 1.89. The van der Waals surface area contributed by atoms with Crippen molar-refractivity contribution in [2.45, 2.75) is 6.10 Å². The predicted molar refractivity (Wildman–Crippen MR) is 60.4 cm³/mol. The molecule has 0 radical (unpaired) electrons. The monoisotopic (exact) mass is 270 g/mol. The van der Waals surface area contributed by atoms with Crippen LogP contribution in [0.25, 0.3) is 0 Å². The molecule has 110 valence electrons. The van der Waals surface area contributed by atoms with Crippen LogP contribution in [0.15, 0.2) is 0 Å². The molecular formula is C10H22O8. The maximum atomic E-state index is 8.17. The van der Waals surface area contributed by atoms with Crippen molar-refractivity contribution in [3.05, 3.63) is 0 Å². The van der Waals surface area contributed by atoms with E-state index in [1.165, 1.54) is 0 Å². The summed E-state index contributed by atoms with van der Waals surface area (Å²) in [6.07, 6.45) is -0.282. The van der Waals surface area contributed by atoms with Crippen molar-refractivity contribution in [2.24, 2.45) is 0 Å². The van der Waals surface area contributed by atoms with Crippen LogP contribution in [0.3, 0.4) is 0 Å². The van der Waals surface area contributed by atoms with Crippen LogP contribution in [0.5, 0.6) is 0 Å². The molecule has 0 saturated carbocycles. The van der Waals surface area contributed by atoms with Gasteiger partial charge in [0, 0.05) is 7.11 Å². The van der Waals surface area contributed by atoms with E-state index in [1.807, 2.05) is 0 Å². The standard InChI is InChI=1S/C10H22O8/c1-13-2-3-14-8-10(16-5-7-18-12)9-15-4-6-17-11/h10-12H,2-9H2,1H3. The van der Waals surface area contributed by atoms with E-state index in [-0.39, 0.29) is 32.5 Å². The predicted octanol–water partition coefficient (Wildman–Crippen LogP) is 0.0304. The zero-order valence-corrected chi connectivity index (χ0v) is 10.6. The summed E-state index contributed by atoms with van der Waals surface area (Å²) in [6.45, 7) is 2.26. The highest BCUT2D eigenvalue weighted by Gasteiger charge is 2.10. The summed E-state index contributed by atoms with van der Waals surface area (Å²) in [5.41, 5.74) is 0. The highest BCUT2D eigenvalue weighted by Crippen LogP contribution is 1.96. The van der Waals surface area contributed by atoms with Gasteiger partial charge >= 0.3 is 0 Å². The van der Waals surface area contributed by atoms with Gasteiger partial charge in [0.2, 0.25) is 0 Å². The molecule has 0 heterocycles. The van der Waals surface area contributed by atoms with Crippen molar-refractivity contribution >= 4 is 0 Å². The van der Waals surface area contributed by atoms with Gasteiger partial charge in [-0.15, -0.1) is 0 Å². The molecule has 1 atom stereocenters. The van der Waals surface area contributed by atoms with Crippen LogP contribution in [-0.2, 0) is 28.7 Å². The molecule has 0 amide bonds. The minimum atomic E-state index is -0.282. The molecule has 0 aliphatic carbocycles. The van der Waals surface area contributed by atoms with Gasteiger partial charge in [-0.25, -0.2) is 9.78 Å². The van der Waals surface area contributed by atoms with Crippen molar-refractivity contribution in [3.63, 3.8) is 0 Å². The number of methoxy groups -OCH3 is 1. The summed E-state index contributed by atoms with van der Waals surface area (Å²) in [5.74, 6) is 0. The number of hydrogen-bond donors (Lipinski definition) is 2. The second kappa shape index (κ2) is 14.7. The third kappa shape index (κ3) is 12.1. The molecule has 0 spiro atoms. The summed E-state index contributed by atoms with van der Waals surface area (Å²) in [6, 6.07) is 0. The van der Waals surface area contributed by atoms with E-state index in [0.29, 0.717) is 26.4 Å². The Hall–Kier alpha value is -0.320. The normalized spacial score (nSPS) is 12.8. The van der Waals surface area contributed by atoms with E-state index in [1.54, 1.807) is 7.11 Å². The lowest BCUT2D eigenvalue weighted by molar-refractivity contribution is -0.255. The minimum Gasteiger partial charge on any atom is -0.382 e. The van der Waals surface area contributed by atoms with Crippen LogP contribution in [-0.4, -0.2) is 76.6 Å². The van der Waals surface area contributed by atoms with E-state index in [4.69, 9.17) is 29.5 Å². The average molecular weight is 270 g/mol. The van der Waals surface area contributed by atoms with Crippen LogP contribution >= 0.6 is 0 Å². The maximum Gasteiger partial charge on any atom is 0.105 e. The van der Waals surface area contributed by atoms with Crippen LogP contribution in [0.1, 0.15) is 0 Å². The van der Waals surface area contributed by atoms with Gasteiger partial charge in [-0.05, 0) is 0 Å². The number of ether oxygens (including phenoxy) is 4. The molecule has 8 nitrogen and oxygen atoms in total. The van der Waals surface area contributed by atoms with Gasteiger partial charge in [-0.1, -0.05) is 0 Å². The Morgan fingerprint density at radius 1 is 0.778 bits per heavy atom. The molecule has 0 bridgehead atoms. The zero-order valence-electron chi connectivity index (χ0n) is 10.6. The largest absolute Gasteiger partial charge is 0.382 e. The van der Waals surface area contributed by atoms with Crippen molar-refractivity contribution in [1.82, 2.24) is 0 Å². The lowest BCUT2D eigenvalue weighted by atomic mass is 10.4. The number of rotatable bonds is 14. The first kappa shape index (κ1) is 17.7. The first-order valence-electron chi connectivity index (χ1n) is 5.63. The fourth-order valence-corrected chi connectivity index (χ4v) is 1.06. The summed E-state index contributed by atoms with van der Waals surface area (Å²) in [5, 5.41) is 16.3. The molecule has 0 aromatic rings. The van der Waals surface area contributed by atoms with Crippen molar-refractivity contribution in [3.8, 4) is 0 Å². The molecule has 0 rings (SSSR count). The van der Waals surface area contributed by atoms with Gasteiger partial charge in [0.1, 0.15) is 19.3 Å². The molecule has 18 heavy (non-hydrogen) atoms. The summed E-state index contributed by atoms with van der Waals surface area (Å²) >= 11 is 0. The van der Waals surface area contributed by atoms with Gasteiger partial charge in [0.25, 0.3) is 0 Å². The summed E-state index contributed by atoms with van der Waals surface area (Å²) in [7, 11) is 1.59. The first-order valence-corrected chi connectivity index (χ1v) is 5.63. The Labute approximate surface area is 106 Å². The van der Waals surface area contributed by atoms with Gasteiger partial charge in [-0.2, -0.15) is 0 Å². The van der Waals surface area contributed by atoms with E-state index in [9.17, 15) is 0 Å². The Morgan fingerprint density at radius 2 is 1.33 bits per heavy atom. The zero-order chi connectivity index (χ0) is 13.5. The first-order chi connectivity index (χ1) is 8.85. The van der Waals surface area contributed by atoms with Crippen molar-refractivity contribution in [2.75, 3.05) is 60.0 Å². The van der Waals surface area contributed by atoms with E-state index < -0.39 is 0 Å². The molecule has 0 aromatic heterocycles. The van der Waals surface area contributed by atoms with E-state index >= 15 is 0 Å². The molecule has 1 unspecified atom stereocenters. The Balaban J connectivity index is 3.62. The Kier molecular flexibility index (Phi) is 14.5. The Morgan fingerprint density at radius 3 is 1.89 bits per heavy atom. The fourth-order valence-electron chi connectivity index (χ4n) is 1.06. The SMILES string of the molecule is COCCOCC(COCCOO)OCCOO. The molecule has 0 aliphatic heterocycles. The highest BCUT2D eigenvalue weighted by molar-refractivity contribution is 4.55. The molecule has 0 saturated heterocycles. The van der Waals surface area contributed by atoms with Crippen LogP contribution in [0, 0.1) is 0 Å². The second-order valence-electron chi connectivity index (χ2n) is 3.30. The van der Waals surface area contributed by atoms with Gasteiger partial charge in [0.05, 0.1) is 39.6 Å². The van der Waals surface area contributed by atoms with Gasteiger partial charge < -0.3 is 18.9 Å². The summed E-state index contributed by atoms with van der Waals surface area (Å²) in [4.78, 5) is 7.77. The quantitative estimate of drug-likeness (QED) is 0.259. The smallest absolute Gasteiger partial charge is 0.105 e. The van der Waals surface area contributed by atoms with Crippen LogP contribution in [0.4, 0.5) is 0 Å². The average Bonchev–Trinajstić information content (AvgIpc) is 2.39. The van der Waals surface area contributed by atoms with Crippen LogP contribution < -0.4 is 0 Å². The highest BCUT2D eigenvalue weighted by atomic mass is 17.1. The fraction of sp³-hybridized carbons (Fsp3) is 1.00. The topological polar surface area (TPSA) is 95.8 Å². The van der Waals surface area contributed by atoms with E-state index in [0.717, 1.165) is 0 Å². The molecule has 0 aromatic carbocycles. The Bertz CT molecular complexity index is 145. The third-order valence-electron chi connectivity index (χ3n) is 1.89. The molecular weight excluding hydrogens is 248 g/mol. The molecule has 8 heteroatoms. The second-order valence-corrected chi connectivity index (χ2v) is 3.30.